The summed E-state index contributed by atoms with van der Waals surface area (Å²) >= 11 is 12.8. The average Bonchev–Trinajstić information content (AvgIpc) is 2.32. The second-order valence-corrected chi connectivity index (χ2v) is 6.76. The first kappa shape index (κ1) is 17.2. The van der Waals surface area contributed by atoms with Crippen molar-refractivity contribution in [2.75, 3.05) is 35.3 Å². The lowest BCUT2D eigenvalue weighted by atomic mass is 10.5. The van der Waals surface area contributed by atoms with Crippen molar-refractivity contribution in [2.24, 2.45) is 10.7 Å². The average molecular weight is 319 g/mol. The molecule has 0 fully saturated rings. The third kappa shape index (κ3) is 10.3. The summed E-state index contributed by atoms with van der Waals surface area (Å²) in [5.41, 5.74) is 5.34. The summed E-state index contributed by atoms with van der Waals surface area (Å²) in [6, 6.07) is 0. The number of rotatable bonds is 9. The van der Waals surface area contributed by atoms with Crippen molar-refractivity contribution in [3.8, 4) is 0 Å². The van der Waals surface area contributed by atoms with Gasteiger partial charge in [0, 0.05) is 28.3 Å². The maximum absolute atomic E-state index is 8.55. The van der Waals surface area contributed by atoms with Crippen molar-refractivity contribution in [2.45, 2.75) is 5.25 Å². The lowest BCUT2D eigenvalue weighted by molar-refractivity contribution is 0.673. The predicted molar refractivity (Wildman–Crippen MR) is 88.0 cm³/mol. The molecule has 1 atom stereocenters. The van der Waals surface area contributed by atoms with Gasteiger partial charge in [-0.05, 0) is 5.75 Å². The molecule has 0 spiro atoms. The number of nitrogens with zero attached hydrogens (tertiary/aromatic N) is 1. The summed E-state index contributed by atoms with van der Waals surface area (Å²) in [7, 11) is 0. The molecule has 0 aliphatic carbocycles. The SMILES string of the molecule is NC(=NCCSCC(CS)SCCS)SO. The molecule has 0 aliphatic rings. The monoisotopic (exact) mass is 318 g/mol. The fourth-order valence-corrected chi connectivity index (χ4v) is 3.91. The van der Waals surface area contributed by atoms with Crippen LogP contribution >= 0.6 is 60.8 Å². The van der Waals surface area contributed by atoms with E-state index in [2.05, 4.69) is 30.2 Å². The van der Waals surface area contributed by atoms with Gasteiger partial charge in [0.05, 0.1) is 18.6 Å². The van der Waals surface area contributed by atoms with Crippen LogP contribution in [0.2, 0.25) is 0 Å². The van der Waals surface area contributed by atoms with Gasteiger partial charge in [-0.3, -0.25) is 4.99 Å². The largest absolute Gasteiger partial charge is 0.377 e. The number of thioether (sulfide) groups is 2. The van der Waals surface area contributed by atoms with Crippen LogP contribution in [-0.2, 0) is 0 Å². The summed E-state index contributed by atoms with van der Waals surface area (Å²) in [6.07, 6.45) is 0. The fraction of sp³-hybridized carbons (Fsp3) is 0.875. The van der Waals surface area contributed by atoms with E-state index < -0.39 is 0 Å². The van der Waals surface area contributed by atoms with Crippen LogP contribution in [0.5, 0.6) is 0 Å². The molecule has 0 aromatic rings. The molecule has 3 nitrogen and oxygen atoms in total. The molecular weight excluding hydrogens is 300 g/mol. The zero-order chi connectivity index (χ0) is 12.2. The van der Waals surface area contributed by atoms with Gasteiger partial charge in [0.2, 0.25) is 0 Å². The number of hydrogen-bond acceptors (Lipinski definition) is 7. The van der Waals surface area contributed by atoms with E-state index in [1.165, 1.54) is 0 Å². The first-order valence-corrected chi connectivity index (χ1v) is 9.01. The Morgan fingerprint density at radius 2 is 2.12 bits per heavy atom. The van der Waals surface area contributed by atoms with Crippen molar-refractivity contribution in [3.05, 3.63) is 0 Å². The van der Waals surface area contributed by atoms with Gasteiger partial charge >= 0.3 is 0 Å². The standard InChI is InChI=1S/C8H18N2OS5/c9-8(16-11)10-1-3-14-6-7(5-13)15-4-2-12/h7,11-13H,1-6H2,(H2,9,10). The third-order valence-electron chi connectivity index (χ3n) is 1.55. The normalized spacial score (nSPS) is 14.1. The first-order valence-electron chi connectivity index (χ1n) is 4.77. The first-order chi connectivity index (χ1) is 7.74. The number of hydrogen-bond donors (Lipinski definition) is 4. The maximum Gasteiger partial charge on any atom is 0.181 e. The highest BCUT2D eigenvalue weighted by atomic mass is 32.2. The van der Waals surface area contributed by atoms with Crippen LogP contribution in [0, 0.1) is 0 Å². The topological polar surface area (TPSA) is 58.6 Å². The van der Waals surface area contributed by atoms with E-state index in [4.69, 9.17) is 10.3 Å². The Labute approximate surface area is 121 Å². The van der Waals surface area contributed by atoms with Crippen molar-refractivity contribution < 1.29 is 4.55 Å². The van der Waals surface area contributed by atoms with Gasteiger partial charge in [0.25, 0.3) is 0 Å². The minimum Gasteiger partial charge on any atom is -0.377 e. The maximum atomic E-state index is 8.55. The minimum absolute atomic E-state index is 0.232. The molecule has 0 aromatic heterocycles. The number of amidine groups is 1. The van der Waals surface area contributed by atoms with Crippen molar-refractivity contribution in [1.82, 2.24) is 0 Å². The van der Waals surface area contributed by atoms with E-state index in [1.807, 2.05) is 23.5 Å². The van der Waals surface area contributed by atoms with Gasteiger partial charge in [0.1, 0.15) is 0 Å². The summed E-state index contributed by atoms with van der Waals surface area (Å²) in [5.74, 6) is 4.87. The number of aliphatic imine (C=N–C) groups is 1. The molecule has 16 heavy (non-hydrogen) atoms. The van der Waals surface area contributed by atoms with Gasteiger partial charge in [-0.15, -0.1) is 0 Å². The molecular formula is C8H18N2OS5. The number of nitrogens with two attached hydrogens (primary N) is 1. The molecule has 0 bridgehead atoms. The Morgan fingerprint density at radius 1 is 1.38 bits per heavy atom. The fourth-order valence-electron chi connectivity index (χ4n) is 0.837. The van der Waals surface area contributed by atoms with E-state index >= 15 is 0 Å². The van der Waals surface area contributed by atoms with Crippen LogP contribution < -0.4 is 5.73 Å². The molecule has 0 aliphatic heterocycles. The van der Waals surface area contributed by atoms with E-state index in [0.717, 1.165) is 28.8 Å². The molecule has 0 rings (SSSR count). The Balaban J connectivity index is 3.47. The Morgan fingerprint density at radius 3 is 2.69 bits per heavy atom. The summed E-state index contributed by atoms with van der Waals surface area (Å²) in [4.78, 5) is 3.98. The second kappa shape index (κ2) is 12.6. The number of thiol groups is 2. The van der Waals surface area contributed by atoms with Crippen LogP contribution in [-0.4, -0.2) is 50.3 Å². The quantitative estimate of drug-likeness (QED) is 0.173. The Hall–Kier alpha value is 1.18. The van der Waals surface area contributed by atoms with Gasteiger partial charge in [-0.2, -0.15) is 48.8 Å². The zero-order valence-electron chi connectivity index (χ0n) is 8.91. The highest BCUT2D eigenvalue weighted by Gasteiger charge is 2.06. The van der Waals surface area contributed by atoms with E-state index in [0.29, 0.717) is 23.8 Å². The smallest absolute Gasteiger partial charge is 0.181 e. The lowest BCUT2D eigenvalue weighted by Crippen LogP contribution is -2.11. The summed E-state index contributed by atoms with van der Waals surface area (Å²) in [6.45, 7) is 0.653. The van der Waals surface area contributed by atoms with Gasteiger partial charge < -0.3 is 10.3 Å². The van der Waals surface area contributed by atoms with Crippen LogP contribution in [0.1, 0.15) is 0 Å². The molecule has 0 amide bonds. The van der Waals surface area contributed by atoms with E-state index in [-0.39, 0.29) is 5.17 Å². The minimum atomic E-state index is 0.232. The third-order valence-corrected chi connectivity index (χ3v) is 5.64. The van der Waals surface area contributed by atoms with Gasteiger partial charge in [-0.25, -0.2) is 0 Å². The second-order valence-electron chi connectivity index (χ2n) is 2.79. The molecule has 0 saturated carbocycles. The molecule has 0 saturated heterocycles. The van der Waals surface area contributed by atoms with Crippen molar-refractivity contribution in [1.29, 1.82) is 0 Å². The van der Waals surface area contributed by atoms with Crippen LogP contribution in [0.4, 0.5) is 0 Å². The molecule has 0 heterocycles. The summed E-state index contributed by atoms with van der Waals surface area (Å²) in [5, 5.41) is 0.810. The highest BCUT2D eigenvalue weighted by Crippen LogP contribution is 2.18. The predicted octanol–water partition coefficient (Wildman–Crippen LogP) is 2.20. The Bertz CT molecular complexity index is 193. The summed E-state index contributed by atoms with van der Waals surface area (Å²) < 4.78 is 8.55. The molecule has 8 heteroatoms. The van der Waals surface area contributed by atoms with Crippen molar-refractivity contribution >= 4 is 66.0 Å². The van der Waals surface area contributed by atoms with Gasteiger partial charge in [0.15, 0.2) is 5.17 Å². The molecule has 96 valence electrons. The Kier molecular flexibility index (Phi) is 13.6. The molecule has 3 N–H and O–H groups in total. The van der Waals surface area contributed by atoms with E-state index in [9.17, 15) is 0 Å². The van der Waals surface area contributed by atoms with Crippen LogP contribution in [0.25, 0.3) is 0 Å². The van der Waals surface area contributed by atoms with Crippen LogP contribution in [0.3, 0.4) is 0 Å². The lowest BCUT2D eigenvalue weighted by Gasteiger charge is -2.12. The van der Waals surface area contributed by atoms with Gasteiger partial charge in [-0.1, -0.05) is 0 Å². The molecule has 1 unspecified atom stereocenters. The molecule has 0 aromatic carbocycles. The van der Waals surface area contributed by atoms with E-state index in [1.54, 1.807) is 0 Å². The highest BCUT2D eigenvalue weighted by molar-refractivity contribution is 8.08. The van der Waals surface area contributed by atoms with Crippen molar-refractivity contribution in [3.63, 3.8) is 0 Å². The molecule has 0 radical (unpaired) electrons. The zero-order valence-corrected chi connectivity index (χ0v) is 13.1. The van der Waals surface area contributed by atoms with Crippen LogP contribution in [0.15, 0.2) is 4.99 Å².